The van der Waals surface area contributed by atoms with E-state index >= 15 is 0 Å². The molecule has 0 radical (unpaired) electrons. The Morgan fingerprint density at radius 3 is 2.60 bits per heavy atom. The number of nitrogens with one attached hydrogen (secondary N) is 1. The van der Waals surface area contributed by atoms with Gasteiger partial charge >= 0.3 is 0 Å². The molecule has 0 atom stereocenters. The first kappa shape index (κ1) is 9.90. The Morgan fingerprint density at radius 2 is 2.00 bits per heavy atom. The lowest BCUT2D eigenvalue weighted by atomic mass is 9.89. The molecule has 0 saturated heterocycles. The molecule has 2 rings (SSSR count). The Hall–Kier alpha value is -1.64. The van der Waals surface area contributed by atoms with Crippen LogP contribution < -0.4 is 0 Å². The molecule has 0 bridgehead atoms. The van der Waals surface area contributed by atoms with Crippen LogP contribution in [-0.2, 0) is 5.41 Å². The topological polar surface area (TPSA) is 41.6 Å². The van der Waals surface area contributed by atoms with Crippen LogP contribution in [0.4, 0.5) is 0 Å². The number of hydrogen-bond donors (Lipinski definition) is 1. The summed E-state index contributed by atoms with van der Waals surface area (Å²) in [6.07, 6.45) is 3.64. The van der Waals surface area contributed by atoms with Crippen molar-refractivity contribution in [2.75, 3.05) is 0 Å². The van der Waals surface area contributed by atoms with Crippen LogP contribution >= 0.6 is 0 Å². The zero-order valence-electron chi connectivity index (χ0n) is 9.28. The summed E-state index contributed by atoms with van der Waals surface area (Å²) in [6, 6.07) is 5.90. The lowest BCUT2D eigenvalue weighted by Gasteiger charge is -2.17. The average molecular weight is 201 g/mol. The average Bonchev–Trinajstić information content (AvgIpc) is 2.67. The first-order valence-electron chi connectivity index (χ1n) is 5.04. The summed E-state index contributed by atoms with van der Waals surface area (Å²) in [4.78, 5) is 4.34. The zero-order valence-corrected chi connectivity index (χ0v) is 9.28. The van der Waals surface area contributed by atoms with Crippen molar-refractivity contribution in [3.63, 3.8) is 0 Å². The van der Waals surface area contributed by atoms with E-state index in [2.05, 4.69) is 36.0 Å². The normalized spacial score (nSPS) is 11.7. The summed E-state index contributed by atoms with van der Waals surface area (Å²) in [7, 11) is 0. The zero-order chi connectivity index (χ0) is 10.9. The molecule has 2 aromatic heterocycles. The molecule has 0 amide bonds. The highest BCUT2D eigenvalue weighted by Crippen LogP contribution is 2.29. The number of pyridine rings is 1. The van der Waals surface area contributed by atoms with Gasteiger partial charge in [0.2, 0.25) is 0 Å². The van der Waals surface area contributed by atoms with E-state index in [9.17, 15) is 0 Å². The van der Waals surface area contributed by atoms with E-state index < -0.39 is 0 Å². The molecule has 2 heterocycles. The fraction of sp³-hybridized carbons (Fsp3) is 0.333. The summed E-state index contributed by atoms with van der Waals surface area (Å²) < 4.78 is 0. The number of H-pyrrole nitrogens is 1. The molecule has 0 spiro atoms. The number of nitrogens with zero attached hydrogens (tertiary/aromatic N) is 2. The predicted molar refractivity (Wildman–Crippen MR) is 60.5 cm³/mol. The molecule has 0 aliphatic heterocycles. The van der Waals surface area contributed by atoms with E-state index in [4.69, 9.17) is 0 Å². The van der Waals surface area contributed by atoms with Gasteiger partial charge in [-0.05, 0) is 12.1 Å². The standard InChI is InChI=1S/C12H15N3/c1-12(2,3)11-9(8-14-15-11)10-6-4-5-7-13-10/h4-8H,1-3H3,(H,14,15). The van der Waals surface area contributed by atoms with Crippen molar-refractivity contribution in [1.82, 2.24) is 15.2 Å². The third-order valence-electron chi connectivity index (χ3n) is 2.33. The van der Waals surface area contributed by atoms with Crippen LogP contribution in [0.15, 0.2) is 30.6 Å². The van der Waals surface area contributed by atoms with Crippen molar-refractivity contribution in [3.05, 3.63) is 36.3 Å². The molecule has 0 aliphatic carbocycles. The second-order valence-electron chi connectivity index (χ2n) is 4.62. The fourth-order valence-corrected chi connectivity index (χ4v) is 1.57. The van der Waals surface area contributed by atoms with Gasteiger partial charge in [0.05, 0.1) is 11.9 Å². The van der Waals surface area contributed by atoms with Crippen LogP contribution in [-0.4, -0.2) is 15.2 Å². The summed E-state index contributed by atoms with van der Waals surface area (Å²) in [5.74, 6) is 0. The minimum atomic E-state index is 0.0589. The first-order chi connectivity index (χ1) is 7.09. The Kier molecular flexibility index (Phi) is 2.31. The summed E-state index contributed by atoms with van der Waals surface area (Å²) in [5, 5.41) is 7.15. The van der Waals surface area contributed by atoms with E-state index in [0.717, 1.165) is 17.0 Å². The van der Waals surface area contributed by atoms with Gasteiger partial charge in [0.15, 0.2) is 0 Å². The third-order valence-corrected chi connectivity index (χ3v) is 2.33. The lowest BCUT2D eigenvalue weighted by Crippen LogP contribution is -2.13. The van der Waals surface area contributed by atoms with E-state index in [1.165, 1.54) is 0 Å². The monoisotopic (exact) mass is 201 g/mol. The predicted octanol–water partition coefficient (Wildman–Crippen LogP) is 2.77. The van der Waals surface area contributed by atoms with Gasteiger partial charge in [-0.3, -0.25) is 10.1 Å². The van der Waals surface area contributed by atoms with Crippen molar-refractivity contribution >= 4 is 0 Å². The van der Waals surface area contributed by atoms with Gasteiger partial charge in [0.1, 0.15) is 0 Å². The number of aromatic nitrogens is 3. The van der Waals surface area contributed by atoms with Crippen molar-refractivity contribution < 1.29 is 0 Å². The van der Waals surface area contributed by atoms with Crippen molar-refractivity contribution in [3.8, 4) is 11.3 Å². The molecule has 0 unspecified atom stereocenters. The highest BCUT2D eigenvalue weighted by Gasteiger charge is 2.21. The van der Waals surface area contributed by atoms with Crippen LogP contribution in [0.5, 0.6) is 0 Å². The number of hydrogen-bond acceptors (Lipinski definition) is 2. The Bertz CT molecular complexity index is 437. The largest absolute Gasteiger partial charge is 0.281 e. The highest BCUT2D eigenvalue weighted by molar-refractivity contribution is 5.62. The molecular weight excluding hydrogens is 186 g/mol. The smallest absolute Gasteiger partial charge is 0.0736 e. The minimum Gasteiger partial charge on any atom is -0.281 e. The van der Waals surface area contributed by atoms with Gasteiger partial charge in [0.25, 0.3) is 0 Å². The fourth-order valence-electron chi connectivity index (χ4n) is 1.57. The molecular formula is C12H15N3. The molecule has 0 saturated carbocycles. The molecule has 78 valence electrons. The minimum absolute atomic E-state index is 0.0589. The van der Waals surface area contributed by atoms with Gasteiger partial charge in [-0.15, -0.1) is 0 Å². The van der Waals surface area contributed by atoms with Crippen LogP contribution in [0.3, 0.4) is 0 Å². The Balaban J connectivity index is 2.51. The van der Waals surface area contributed by atoms with E-state index in [-0.39, 0.29) is 5.41 Å². The second kappa shape index (κ2) is 3.50. The van der Waals surface area contributed by atoms with E-state index in [1.54, 1.807) is 6.20 Å². The maximum Gasteiger partial charge on any atom is 0.0736 e. The first-order valence-corrected chi connectivity index (χ1v) is 5.04. The lowest BCUT2D eigenvalue weighted by molar-refractivity contribution is 0.568. The van der Waals surface area contributed by atoms with Crippen LogP contribution in [0.2, 0.25) is 0 Å². The third kappa shape index (κ3) is 1.91. The van der Waals surface area contributed by atoms with Crippen LogP contribution in [0.1, 0.15) is 26.5 Å². The van der Waals surface area contributed by atoms with Crippen molar-refractivity contribution in [2.45, 2.75) is 26.2 Å². The molecule has 0 aliphatic rings. The van der Waals surface area contributed by atoms with Gasteiger partial charge in [0, 0.05) is 22.9 Å². The molecule has 3 heteroatoms. The van der Waals surface area contributed by atoms with Crippen LogP contribution in [0, 0.1) is 0 Å². The maximum absolute atomic E-state index is 4.34. The van der Waals surface area contributed by atoms with Gasteiger partial charge < -0.3 is 0 Å². The molecule has 1 N–H and O–H groups in total. The number of aromatic amines is 1. The summed E-state index contributed by atoms with van der Waals surface area (Å²) in [5.41, 5.74) is 3.24. The molecule has 15 heavy (non-hydrogen) atoms. The highest BCUT2D eigenvalue weighted by atomic mass is 15.1. The summed E-state index contributed by atoms with van der Waals surface area (Å²) >= 11 is 0. The van der Waals surface area contributed by atoms with E-state index in [1.807, 2.05) is 24.4 Å². The van der Waals surface area contributed by atoms with Gasteiger partial charge in [-0.25, -0.2) is 0 Å². The van der Waals surface area contributed by atoms with Crippen LogP contribution in [0.25, 0.3) is 11.3 Å². The summed E-state index contributed by atoms with van der Waals surface area (Å²) in [6.45, 7) is 6.48. The van der Waals surface area contributed by atoms with E-state index in [0.29, 0.717) is 0 Å². The van der Waals surface area contributed by atoms with Crippen molar-refractivity contribution in [2.24, 2.45) is 0 Å². The number of rotatable bonds is 1. The Morgan fingerprint density at radius 1 is 1.20 bits per heavy atom. The molecule has 0 aromatic carbocycles. The SMILES string of the molecule is CC(C)(C)c1[nH]ncc1-c1ccccn1. The molecule has 0 fully saturated rings. The van der Waals surface area contributed by atoms with Gasteiger partial charge in [-0.2, -0.15) is 5.10 Å². The van der Waals surface area contributed by atoms with Crippen molar-refractivity contribution in [1.29, 1.82) is 0 Å². The van der Waals surface area contributed by atoms with Gasteiger partial charge in [-0.1, -0.05) is 26.8 Å². The quantitative estimate of drug-likeness (QED) is 0.770. The second-order valence-corrected chi connectivity index (χ2v) is 4.62. The Labute approximate surface area is 89.6 Å². The maximum atomic E-state index is 4.34. The molecule has 2 aromatic rings. The molecule has 3 nitrogen and oxygen atoms in total.